The van der Waals surface area contributed by atoms with Gasteiger partial charge in [0.2, 0.25) is 0 Å². The second-order valence-electron chi connectivity index (χ2n) is 6.43. The monoisotopic (exact) mass is 405 g/mol. The Morgan fingerprint density at radius 1 is 1.15 bits per heavy atom. The maximum Gasteiger partial charge on any atom is 0.263 e. The molecule has 0 aliphatic carbocycles. The van der Waals surface area contributed by atoms with Crippen LogP contribution in [0.25, 0.3) is 10.2 Å². The number of rotatable bonds is 6. The van der Waals surface area contributed by atoms with Crippen molar-refractivity contribution in [3.63, 3.8) is 0 Å². The third-order valence-electron chi connectivity index (χ3n) is 4.12. The van der Waals surface area contributed by atoms with Gasteiger partial charge in [0.1, 0.15) is 5.75 Å². The smallest absolute Gasteiger partial charge is 0.263 e. The van der Waals surface area contributed by atoms with Gasteiger partial charge in [-0.15, -0.1) is 12.4 Å². The van der Waals surface area contributed by atoms with E-state index in [9.17, 15) is 4.79 Å². The zero-order valence-corrected chi connectivity index (χ0v) is 17.6. The standard InChI is InChI=1S/C20H23N3O2S.ClH/c1-14-9-10-16-18(13-14)26-20(21-16)23(12-11-22(2)3)19(24)15-7-5-6-8-17(15)25-4;/h5-10,13H,11-12H2,1-4H3;1H. The minimum absolute atomic E-state index is 0. The first kappa shape index (κ1) is 21.2. The molecule has 0 bridgehead atoms. The number of carbonyl (C=O) groups excluding carboxylic acids is 1. The van der Waals surface area contributed by atoms with Crippen LogP contribution >= 0.6 is 23.7 Å². The minimum atomic E-state index is -0.0971. The first-order chi connectivity index (χ1) is 12.5. The van der Waals surface area contributed by atoms with Crippen LogP contribution < -0.4 is 9.64 Å². The summed E-state index contributed by atoms with van der Waals surface area (Å²) in [7, 11) is 5.57. The van der Waals surface area contributed by atoms with Crippen LogP contribution in [0.1, 0.15) is 15.9 Å². The van der Waals surface area contributed by atoms with Crippen molar-refractivity contribution in [2.24, 2.45) is 0 Å². The van der Waals surface area contributed by atoms with Crippen LogP contribution in [-0.2, 0) is 0 Å². The molecule has 0 fully saturated rings. The van der Waals surface area contributed by atoms with Crippen molar-refractivity contribution < 1.29 is 9.53 Å². The molecule has 3 rings (SSSR count). The van der Waals surface area contributed by atoms with E-state index in [2.05, 4.69) is 17.9 Å². The van der Waals surface area contributed by atoms with Gasteiger partial charge in [-0.05, 0) is 50.8 Å². The molecule has 0 aliphatic heterocycles. The van der Waals surface area contributed by atoms with Gasteiger partial charge in [-0.25, -0.2) is 4.98 Å². The molecule has 0 atom stereocenters. The topological polar surface area (TPSA) is 45.7 Å². The van der Waals surface area contributed by atoms with Crippen LogP contribution in [0.15, 0.2) is 42.5 Å². The summed E-state index contributed by atoms with van der Waals surface area (Å²) in [6, 6.07) is 13.5. The number of anilines is 1. The first-order valence-corrected chi connectivity index (χ1v) is 9.28. The zero-order valence-electron chi connectivity index (χ0n) is 15.9. The Hall–Kier alpha value is -2.15. The number of halogens is 1. The summed E-state index contributed by atoms with van der Waals surface area (Å²) in [5.74, 6) is 0.476. The number of aromatic nitrogens is 1. The summed E-state index contributed by atoms with van der Waals surface area (Å²) in [6.07, 6.45) is 0. The van der Waals surface area contributed by atoms with Gasteiger partial charge in [-0.1, -0.05) is 29.5 Å². The van der Waals surface area contributed by atoms with Crippen LogP contribution in [0.3, 0.4) is 0 Å². The van der Waals surface area contributed by atoms with E-state index in [-0.39, 0.29) is 18.3 Å². The molecule has 0 saturated carbocycles. The Labute approximate surface area is 170 Å². The number of carbonyl (C=O) groups is 1. The van der Waals surface area contributed by atoms with E-state index < -0.39 is 0 Å². The molecular formula is C20H24ClN3O2S. The van der Waals surface area contributed by atoms with Gasteiger partial charge in [0.15, 0.2) is 5.13 Å². The lowest BCUT2D eigenvalue weighted by atomic mass is 10.1. The first-order valence-electron chi connectivity index (χ1n) is 8.46. The van der Waals surface area contributed by atoms with Crippen molar-refractivity contribution in [3.05, 3.63) is 53.6 Å². The lowest BCUT2D eigenvalue weighted by Crippen LogP contribution is -2.36. The lowest BCUT2D eigenvalue weighted by Gasteiger charge is -2.22. The lowest BCUT2D eigenvalue weighted by molar-refractivity contribution is 0.0982. The van der Waals surface area contributed by atoms with E-state index in [1.54, 1.807) is 35.5 Å². The van der Waals surface area contributed by atoms with Crippen molar-refractivity contribution >= 4 is 45.0 Å². The Balaban J connectivity index is 0.00000261. The molecular weight excluding hydrogens is 382 g/mol. The van der Waals surface area contributed by atoms with Crippen LogP contribution in [-0.4, -0.2) is 50.1 Å². The maximum absolute atomic E-state index is 13.3. The Morgan fingerprint density at radius 3 is 2.59 bits per heavy atom. The summed E-state index contributed by atoms with van der Waals surface area (Å²) in [4.78, 5) is 21.8. The van der Waals surface area contributed by atoms with Gasteiger partial charge in [0.25, 0.3) is 5.91 Å². The quantitative estimate of drug-likeness (QED) is 0.615. The Kier molecular flexibility index (Phi) is 7.18. The number of fused-ring (bicyclic) bond motifs is 1. The Bertz CT molecular complexity index is 926. The van der Waals surface area contributed by atoms with Crippen LogP contribution in [0, 0.1) is 6.92 Å². The molecule has 27 heavy (non-hydrogen) atoms. The van der Waals surface area contributed by atoms with Crippen LogP contribution in [0.5, 0.6) is 5.75 Å². The molecule has 3 aromatic rings. The molecule has 1 amide bonds. The SMILES string of the molecule is COc1ccccc1C(=O)N(CCN(C)C)c1nc2ccc(C)cc2s1.Cl. The van der Waals surface area contributed by atoms with Gasteiger partial charge in [0, 0.05) is 13.1 Å². The molecule has 0 spiro atoms. The molecule has 0 aliphatic rings. The number of hydrogen-bond donors (Lipinski definition) is 0. The van der Waals surface area contributed by atoms with Crippen molar-refractivity contribution in [1.82, 2.24) is 9.88 Å². The molecule has 7 heteroatoms. The number of thiazole rings is 1. The second kappa shape index (κ2) is 9.17. The van der Waals surface area contributed by atoms with Gasteiger partial charge >= 0.3 is 0 Å². The highest BCUT2D eigenvalue weighted by Gasteiger charge is 2.23. The molecule has 2 aromatic carbocycles. The highest BCUT2D eigenvalue weighted by atomic mass is 35.5. The summed E-state index contributed by atoms with van der Waals surface area (Å²) >= 11 is 1.54. The Morgan fingerprint density at radius 2 is 1.89 bits per heavy atom. The fourth-order valence-corrected chi connectivity index (χ4v) is 3.77. The van der Waals surface area contributed by atoms with Gasteiger partial charge in [-0.2, -0.15) is 0 Å². The fraction of sp³-hybridized carbons (Fsp3) is 0.300. The van der Waals surface area contributed by atoms with E-state index >= 15 is 0 Å². The van der Waals surface area contributed by atoms with Crippen molar-refractivity contribution in [2.45, 2.75) is 6.92 Å². The van der Waals surface area contributed by atoms with Crippen LogP contribution in [0.2, 0.25) is 0 Å². The number of benzene rings is 2. The largest absolute Gasteiger partial charge is 0.496 e. The highest BCUT2D eigenvalue weighted by molar-refractivity contribution is 7.22. The molecule has 1 heterocycles. The summed E-state index contributed by atoms with van der Waals surface area (Å²) in [5, 5.41) is 0.711. The normalized spacial score (nSPS) is 10.7. The number of likely N-dealkylation sites (N-methyl/N-ethyl adjacent to an activating group) is 1. The van der Waals surface area contributed by atoms with Gasteiger partial charge in [0.05, 0.1) is 22.9 Å². The molecule has 1 aromatic heterocycles. The van der Waals surface area contributed by atoms with E-state index in [1.807, 2.05) is 38.4 Å². The summed E-state index contributed by atoms with van der Waals surface area (Å²) < 4.78 is 6.46. The molecule has 144 valence electrons. The highest BCUT2D eigenvalue weighted by Crippen LogP contribution is 2.31. The van der Waals surface area contributed by atoms with Crippen molar-refractivity contribution in [3.8, 4) is 5.75 Å². The zero-order chi connectivity index (χ0) is 18.7. The van der Waals surface area contributed by atoms with E-state index in [0.717, 1.165) is 16.8 Å². The third-order valence-corrected chi connectivity index (χ3v) is 5.16. The van der Waals surface area contributed by atoms with Gasteiger partial charge in [-0.3, -0.25) is 9.69 Å². The second-order valence-corrected chi connectivity index (χ2v) is 7.44. The van der Waals surface area contributed by atoms with Crippen molar-refractivity contribution in [1.29, 1.82) is 0 Å². The number of ether oxygens (including phenoxy) is 1. The predicted molar refractivity (Wildman–Crippen MR) is 115 cm³/mol. The molecule has 0 N–H and O–H groups in total. The van der Waals surface area contributed by atoms with Crippen molar-refractivity contribution in [2.75, 3.05) is 39.2 Å². The van der Waals surface area contributed by atoms with E-state index in [1.165, 1.54) is 5.56 Å². The maximum atomic E-state index is 13.3. The number of para-hydroxylation sites is 1. The summed E-state index contributed by atoms with van der Waals surface area (Å²) in [5.41, 5.74) is 2.64. The fourth-order valence-electron chi connectivity index (χ4n) is 2.69. The molecule has 5 nitrogen and oxygen atoms in total. The average Bonchev–Trinajstić information content (AvgIpc) is 3.04. The number of nitrogens with zero attached hydrogens (tertiary/aromatic N) is 3. The third kappa shape index (κ3) is 4.77. The molecule has 0 unspecified atom stereocenters. The summed E-state index contributed by atoms with van der Waals surface area (Å²) in [6.45, 7) is 3.36. The average molecular weight is 406 g/mol. The molecule has 0 saturated heterocycles. The molecule has 0 radical (unpaired) electrons. The van der Waals surface area contributed by atoms with E-state index in [0.29, 0.717) is 23.0 Å². The number of aryl methyl sites for hydroxylation is 1. The van der Waals surface area contributed by atoms with Gasteiger partial charge < -0.3 is 9.64 Å². The minimum Gasteiger partial charge on any atom is -0.496 e. The van der Waals surface area contributed by atoms with E-state index in [4.69, 9.17) is 9.72 Å². The number of amides is 1. The predicted octanol–water partition coefficient (Wildman–Crippen LogP) is 4.24. The number of hydrogen-bond acceptors (Lipinski definition) is 5. The van der Waals surface area contributed by atoms with Crippen LogP contribution in [0.4, 0.5) is 5.13 Å². The number of methoxy groups -OCH3 is 1.